The largest absolute Gasteiger partial charge is 0.486 e. The Hall–Kier alpha value is -3.14. The first-order valence-corrected chi connectivity index (χ1v) is 13.2. The fourth-order valence-corrected chi connectivity index (χ4v) is 5.82. The number of carbonyl (C=O) groups is 1. The van der Waals surface area contributed by atoms with Crippen LogP contribution in [0.1, 0.15) is 49.2 Å². The molecule has 2 aliphatic heterocycles. The number of likely N-dealkylation sites (tertiary alicyclic amines) is 1. The number of aromatic nitrogens is 5. The number of amides is 1. The van der Waals surface area contributed by atoms with Gasteiger partial charge >= 0.3 is 0 Å². The molecule has 1 saturated heterocycles. The lowest BCUT2D eigenvalue weighted by Gasteiger charge is -2.27. The first-order valence-electron chi connectivity index (χ1n) is 12.5. The van der Waals surface area contributed by atoms with Gasteiger partial charge in [0, 0.05) is 23.3 Å². The first kappa shape index (κ1) is 24.2. The Morgan fingerprint density at radius 2 is 1.92 bits per heavy atom. The summed E-state index contributed by atoms with van der Waals surface area (Å²) in [5.74, 6) is 1.48. The summed E-state index contributed by atoms with van der Waals surface area (Å²) in [5.41, 5.74) is 4.11. The van der Waals surface area contributed by atoms with Gasteiger partial charge < -0.3 is 14.6 Å². The van der Waals surface area contributed by atoms with Crippen LogP contribution in [0.5, 0.6) is 5.75 Å². The third-order valence-electron chi connectivity index (χ3n) is 7.08. The van der Waals surface area contributed by atoms with E-state index in [1.165, 1.54) is 19.3 Å². The highest BCUT2D eigenvalue weighted by Crippen LogP contribution is 2.35. The molecule has 0 spiro atoms. The van der Waals surface area contributed by atoms with Gasteiger partial charge in [-0.25, -0.2) is 4.98 Å². The summed E-state index contributed by atoms with van der Waals surface area (Å²) in [7, 11) is 0. The molecule has 5 heterocycles. The molecule has 2 aliphatic rings. The van der Waals surface area contributed by atoms with E-state index < -0.39 is 0 Å². The van der Waals surface area contributed by atoms with Crippen LogP contribution in [0.4, 0.5) is 0 Å². The highest BCUT2D eigenvalue weighted by molar-refractivity contribution is 6.35. The van der Waals surface area contributed by atoms with Gasteiger partial charge in [0.05, 0.1) is 46.6 Å². The number of halogens is 2. The van der Waals surface area contributed by atoms with Crippen molar-refractivity contribution in [1.82, 2.24) is 34.9 Å². The monoisotopic (exact) mass is 539 g/mol. The Labute approximate surface area is 224 Å². The minimum atomic E-state index is -0.378. The number of nitrogens with one attached hydrogen (secondary N) is 2. The Morgan fingerprint density at radius 3 is 2.68 bits per heavy atom. The molecular weight excluding hydrogens is 513 g/mol. The van der Waals surface area contributed by atoms with Crippen molar-refractivity contribution in [1.29, 1.82) is 0 Å². The van der Waals surface area contributed by atoms with Crippen LogP contribution >= 0.6 is 23.2 Å². The molecule has 0 saturated carbocycles. The van der Waals surface area contributed by atoms with Gasteiger partial charge in [0.1, 0.15) is 17.5 Å². The van der Waals surface area contributed by atoms with Crippen molar-refractivity contribution in [2.75, 3.05) is 19.6 Å². The predicted octanol–water partition coefficient (Wildman–Crippen LogP) is 5.12. The summed E-state index contributed by atoms with van der Waals surface area (Å²) in [6.45, 7) is 5.44. The molecule has 1 unspecified atom stereocenters. The Bertz CT molecular complexity index is 1420. The summed E-state index contributed by atoms with van der Waals surface area (Å²) in [6.07, 6.45) is 6.33. The Morgan fingerprint density at radius 1 is 1.14 bits per heavy atom. The zero-order valence-electron chi connectivity index (χ0n) is 20.4. The number of nitrogens with zero attached hydrogens (tertiary/aromatic N) is 5. The van der Waals surface area contributed by atoms with Gasteiger partial charge in [0.25, 0.3) is 0 Å². The Kier molecular flexibility index (Phi) is 6.52. The minimum absolute atomic E-state index is 0.158. The average molecular weight is 540 g/mol. The van der Waals surface area contributed by atoms with E-state index in [4.69, 9.17) is 32.9 Å². The molecule has 0 radical (unpaired) electrons. The number of aromatic amines is 2. The van der Waals surface area contributed by atoms with Gasteiger partial charge in [0.15, 0.2) is 5.82 Å². The van der Waals surface area contributed by atoms with Gasteiger partial charge in [-0.1, -0.05) is 29.6 Å². The number of pyridine rings is 1. The van der Waals surface area contributed by atoms with Crippen molar-refractivity contribution in [2.45, 2.75) is 45.4 Å². The fourth-order valence-electron chi connectivity index (χ4n) is 5.15. The van der Waals surface area contributed by atoms with Gasteiger partial charge in [-0.2, -0.15) is 5.10 Å². The number of fused-ring (bicyclic) bond motifs is 2. The highest BCUT2D eigenvalue weighted by Gasteiger charge is 2.29. The van der Waals surface area contributed by atoms with E-state index in [0.29, 0.717) is 52.5 Å². The standard InChI is InChI=1S/C26H27Cl2N7O2/c1-15(24-18(27)10-29-11-19(24)28)37-16-5-6-20-17(9-16)25(33-32-20)26-30-21-12-35(13-22(21)31-26)23(36)14-34-7-3-2-4-8-34/h5-6,9-11,15H,2-4,7-8,12-14H2,1H3,(H,30,31)(H,32,33). The third kappa shape index (κ3) is 4.79. The van der Waals surface area contributed by atoms with Crippen LogP contribution in [-0.4, -0.2) is 60.5 Å². The van der Waals surface area contributed by atoms with E-state index in [1.54, 1.807) is 12.4 Å². The molecule has 3 aromatic heterocycles. The van der Waals surface area contributed by atoms with Crippen molar-refractivity contribution in [3.8, 4) is 17.3 Å². The molecule has 37 heavy (non-hydrogen) atoms. The molecule has 2 N–H and O–H groups in total. The number of H-pyrrole nitrogens is 2. The van der Waals surface area contributed by atoms with Crippen LogP contribution in [0, 0.1) is 0 Å². The van der Waals surface area contributed by atoms with Crippen LogP contribution in [0.15, 0.2) is 30.6 Å². The van der Waals surface area contributed by atoms with Gasteiger partial charge in [-0.3, -0.25) is 19.8 Å². The highest BCUT2D eigenvalue weighted by atomic mass is 35.5. The number of hydrogen-bond acceptors (Lipinski definition) is 6. The molecule has 1 aromatic carbocycles. The van der Waals surface area contributed by atoms with Crippen LogP contribution in [0.3, 0.4) is 0 Å². The van der Waals surface area contributed by atoms with Crippen LogP contribution in [0.2, 0.25) is 10.0 Å². The first-order chi connectivity index (χ1) is 18.0. The van der Waals surface area contributed by atoms with Crippen molar-refractivity contribution in [3.63, 3.8) is 0 Å². The van der Waals surface area contributed by atoms with Crippen molar-refractivity contribution >= 4 is 40.0 Å². The molecule has 1 amide bonds. The normalized spacial score (nSPS) is 16.8. The van der Waals surface area contributed by atoms with E-state index in [9.17, 15) is 4.79 Å². The summed E-state index contributed by atoms with van der Waals surface area (Å²) >= 11 is 12.6. The van der Waals surface area contributed by atoms with E-state index in [-0.39, 0.29) is 12.0 Å². The molecule has 9 nitrogen and oxygen atoms in total. The van der Waals surface area contributed by atoms with Crippen LogP contribution < -0.4 is 4.74 Å². The number of carbonyl (C=O) groups excluding carboxylic acids is 1. The molecular formula is C26H27Cl2N7O2. The second-order valence-corrected chi connectivity index (χ2v) is 10.5. The third-order valence-corrected chi connectivity index (χ3v) is 7.69. The average Bonchev–Trinajstić information content (AvgIpc) is 3.57. The van der Waals surface area contributed by atoms with Crippen molar-refractivity contribution in [3.05, 3.63) is 57.6 Å². The van der Waals surface area contributed by atoms with Gasteiger partial charge in [-0.05, 0) is 51.1 Å². The SMILES string of the molecule is CC(Oc1ccc2[nH]nc(-c3nc4c([nH]3)CN(C(=O)CN3CCCCC3)C4)c2c1)c1c(Cl)cncc1Cl. The second kappa shape index (κ2) is 9.96. The van der Waals surface area contributed by atoms with E-state index in [2.05, 4.69) is 25.1 Å². The Balaban J connectivity index is 1.18. The number of benzene rings is 1. The molecule has 192 valence electrons. The number of ether oxygens (including phenoxy) is 1. The minimum Gasteiger partial charge on any atom is -0.486 e. The van der Waals surface area contributed by atoms with E-state index >= 15 is 0 Å². The topological polar surface area (TPSA) is 103 Å². The van der Waals surface area contributed by atoms with Crippen LogP contribution in [-0.2, 0) is 17.9 Å². The maximum absolute atomic E-state index is 12.8. The lowest BCUT2D eigenvalue weighted by molar-refractivity contribution is -0.133. The van der Waals surface area contributed by atoms with Crippen molar-refractivity contribution in [2.24, 2.45) is 0 Å². The van der Waals surface area contributed by atoms with Crippen LogP contribution in [0.25, 0.3) is 22.4 Å². The molecule has 0 bridgehead atoms. The van der Waals surface area contributed by atoms with E-state index in [1.807, 2.05) is 30.0 Å². The molecule has 1 fully saturated rings. The molecule has 1 atom stereocenters. The summed E-state index contributed by atoms with van der Waals surface area (Å²) in [6, 6.07) is 5.72. The maximum atomic E-state index is 12.8. The molecule has 0 aliphatic carbocycles. The lowest BCUT2D eigenvalue weighted by atomic mass is 10.1. The van der Waals surface area contributed by atoms with Crippen molar-refractivity contribution < 1.29 is 9.53 Å². The number of piperidine rings is 1. The van der Waals surface area contributed by atoms with Gasteiger partial charge in [-0.15, -0.1) is 0 Å². The quantitative estimate of drug-likeness (QED) is 0.352. The predicted molar refractivity (Wildman–Crippen MR) is 142 cm³/mol. The summed E-state index contributed by atoms with van der Waals surface area (Å²) < 4.78 is 6.18. The zero-order chi connectivity index (χ0) is 25.5. The van der Waals surface area contributed by atoms with E-state index in [0.717, 1.165) is 35.4 Å². The molecule has 4 aromatic rings. The zero-order valence-corrected chi connectivity index (χ0v) is 21.9. The number of rotatable bonds is 6. The number of imidazole rings is 1. The fraction of sp³-hybridized carbons (Fsp3) is 0.385. The molecule has 11 heteroatoms. The summed E-state index contributed by atoms with van der Waals surface area (Å²) in [5, 5.41) is 9.36. The smallest absolute Gasteiger partial charge is 0.237 e. The lowest BCUT2D eigenvalue weighted by Crippen LogP contribution is -2.40. The second-order valence-electron chi connectivity index (χ2n) is 9.65. The maximum Gasteiger partial charge on any atom is 0.237 e. The van der Waals surface area contributed by atoms with Gasteiger partial charge in [0.2, 0.25) is 5.91 Å². The summed E-state index contributed by atoms with van der Waals surface area (Å²) in [4.78, 5) is 29.2. The molecule has 6 rings (SSSR count). The number of hydrogen-bond donors (Lipinski definition) is 2.